The lowest BCUT2D eigenvalue weighted by atomic mass is 9.98. The minimum Gasteiger partial charge on any atom is -0.326 e. The largest absolute Gasteiger partial charge is 0.326 e. The first-order chi connectivity index (χ1) is 10.8. The van der Waals surface area contributed by atoms with Gasteiger partial charge in [-0.3, -0.25) is 4.79 Å². The molecular formula is C15H19N3O3S2. The fraction of sp³-hybridized carbons (Fsp3) is 0.467. The van der Waals surface area contributed by atoms with Gasteiger partial charge in [-0.1, -0.05) is 0 Å². The van der Waals surface area contributed by atoms with Crippen molar-refractivity contribution in [2.24, 2.45) is 5.92 Å². The Labute approximate surface area is 139 Å². The van der Waals surface area contributed by atoms with E-state index < -0.39 is 10.0 Å². The van der Waals surface area contributed by atoms with Crippen LogP contribution in [0.25, 0.3) is 10.2 Å². The molecule has 6 nitrogen and oxygen atoms in total. The molecule has 1 aromatic carbocycles. The number of thiazole rings is 1. The number of aryl methyl sites for hydroxylation is 1. The number of nitrogens with one attached hydrogen (secondary N) is 1. The van der Waals surface area contributed by atoms with Gasteiger partial charge in [-0.2, -0.15) is 0 Å². The zero-order valence-electron chi connectivity index (χ0n) is 13.1. The number of sulfonamides is 1. The number of anilines is 1. The second kappa shape index (κ2) is 6.18. The molecule has 1 atom stereocenters. The van der Waals surface area contributed by atoms with E-state index in [1.807, 2.05) is 25.1 Å². The Morgan fingerprint density at radius 3 is 2.96 bits per heavy atom. The van der Waals surface area contributed by atoms with Gasteiger partial charge in [-0.15, -0.1) is 11.3 Å². The van der Waals surface area contributed by atoms with Gasteiger partial charge in [0.05, 0.1) is 27.4 Å². The Bertz CT molecular complexity index is 845. The lowest BCUT2D eigenvalue weighted by Crippen LogP contribution is -2.43. The van der Waals surface area contributed by atoms with E-state index in [1.54, 1.807) is 11.3 Å². The molecule has 124 valence electrons. The van der Waals surface area contributed by atoms with Crippen LogP contribution in [0, 0.1) is 12.8 Å². The highest BCUT2D eigenvalue weighted by molar-refractivity contribution is 7.88. The van der Waals surface area contributed by atoms with Crippen LogP contribution in [0.3, 0.4) is 0 Å². The number of benzene rings is 1. The van der Waals surface area contributed by atoms with E-state index >= 15 is 0 Å². The SMILES string of the molecule is Cc1nc2cc(NC(=O)[C@@H]3CCCN(S(C)(=O)=O)C3)ccc2s1. The summed E-state index contributed by atoms with van der Waals surface area (Å²) < 4.78 is 25.8. The molecule has 8 heteroatoms. The molecule has 2 aromatic rings. The summed E-state index contributed by atoms with van der Waals surface area (Å²) in [5.41, 5.74) is 1.57. The van der Waals surface area contributed by atoms with Crippen molar-refractivity contribution >= 4 is 43.2 Å². The molecule has 0 aliphatic carbocycles. The number of carbonyl (C=O) groups is 1. The van der Waals surface area contributed by atoms with Crippen LogP contribution in [0.4, 0.5) is 5.69 Å². The molecule has 0 saturated carbocycles. The van der Waals surface area contributed by atoms with E-state index in [0.717, 1.165) is 15.2 Å². The molecule has 1 aliphatic rings. The summed E-state index contributed by atoms with van der Waals surface area (Å²) in [6.07, 6.45) is 2.59. The minimum absolute atomic E-state index is 0.135. The van der Waals surface area contributed by atoms with Gasteiger partial charge in [0.1, 0.15) is 0 Å². The lowest BCUT2D eigenvalue weighted by Gasteiger charge is -2.30. The van der Waals surface area contributed by atoms with Crippen LogP contribution >= 0.6 is 11.3 Å². The smallest absolute Gasteiger partial charge is 0.228 e. The van der Waals surface area contributed by atoms with E-state index in [2.05, 4.69) is 10.3 Å². The van der Waals surface area contributed by atoms with Crippen LogP contribution in [-0.4, -0.2) is 43.0 Å². The summed E-state index contributed by atoms with van der Waals surface area (Å²) in [5.74, 6) is -0.448. The first-order valence-electron chi connectivity index (χ1n) is 7.46. The second-order valence-electron chi connectivity index (χ2n) is 5.86. The number of hydrogen-bond donors (Lipinski definition) is 1. The molecule has 0 radical (unpaired) electrons. The van der Waals surface area contributed by atoms with Crippen molar-refractivity contribution in [3.8, 4) is 0 Å². The Morgan fingerprint density at radius 2 is 2.22 bits per heavy atom. The van der Waals surface area contributed by atoms with Gasteiger partial charge in [0.2, 0.25) is 15.9 Å². The first kappa shape index (κ1) is 16.4. The maximum Gasteiger partial charge on any atom is 0.228 e. The molecule has 0 unspecified atom stereocenters. The number of rotatable bonds is 3. The highest BCUT2D eigenvalue weighted by Gasteiger charge is 2.30. The zero-order valence-corrected chi connectivity index (χ0v) is 14.7. The highest BCUT2D eigenvalue weighted by atomic mass is 32.2. The fourth-order valence-electron chi connectivity index (χ4n) is 2.82. The molecule has 0 spiro atoms. The van der Waals surface area contributed by atoms with E-state index in [0.29, 0.717) is 25.1 Å². The number of aromatic nitrogens is 1. The minimum atomic E-state index is -3.25. The molecule has 1 N–H and O–H groups in total. The van der Waals surface area contributed by atoms with Crippen LogP contribution in [-0.2, 0) is 14.8 Å². The van der Waals surface area contributed by atoms with Gasteiger partial charge in [0.15, 0.2) is 0 Å². The summed E-state index contributed by atoms with van der Waals surface area (Å²) in [4.78, 5) is 16.8. The predicted octanol–water partition coefficient (Wildman–Crippen LogP) is 2.21. The monoisotopic (exact) mass is 353 g/mol. The van der Waals surface area contributed by atoms with Crippen LogP contribution in [0.1, 0.15) is 17.8 Å². The van der Waals surface area contributed by atoms with Crippen molar-refractivity contribution in [3.63, 3.8) is 0 Å². The third-order valence-corrected chi connectivity index (χ3v) is 6.21. The van der Waals surface area contributed by atoms with E-state index in [4.69, 9.17) is 0 Å². The Balaban J connectivity index is 1.72. The average molecular weight is 353 g/mol. The lowest BCUT2D eigenvalue weighted by molar-refractivity contribution is -0.120. The van der Waals surface area contributed by atoms with Crippen molar-refractivity contribution < 1.29 is 13.2 Å². The molecule has 2 heterocycles. The van der Waals surface area contributed by atoms with Crippen molar-refractivity contribution in [2.75, 3.05) is 24.7 Å². The number of fused-ring (bicyclic) bond motifs is 1. The van der Waals surface area contributed by atoms with Gasteiger partial charge >= 0.3 is 0 Å². The Morgan fingerprint density at radius 1 is 1.43 bits per heavy atom. The molecule has 1 fully saturated rings. The number of hydrogen-bond acceptors (Lipinski definition) is 5. The number of amides is 1. The quantitative estimate of drug-likeness (QED) is 0.917. The topological polar surface area (TPSA) is 79.4 Å². The van der Waals surface area contributed by atoms with Gasteiger partial charge < -0.3 is 5.32 Å². The normalized spacial score (nSPS) is 19.8. The second-order valence-corrected chi connectivity index (χ2v) is 9.08. The molecular weight excluding hydrogens is 334 g/mol. The van der Waals surface area contributed by atoms with Crippen molar-refractivity contribution in [3.05, 3.63) is 23.2 Å². The third kappa shape index (κ3) is 3.70. The summed E-state index contributed by atoms with van der Waals surface area (Å²) in [6.45, 7) is 2.69. The van der Waals surface area contributed by atoms with Crippen LogP contribution in [0.15, 0.2) is 18.2 Å². The Hall–Kier alpha value is -1.51. The van der Waals surface area contributed by atoms with Crippen LogP contribution in [0.2, 0.25) is 0 Å². The molecule has 1 aliphatic heterocycles. The fourth-order valence-corrected chi connectivity index (χ4v) is 4.54. The highest BCUT2D eigenvalue weighted by Crippen LogP contribution is 2.25. The maximum absolute atomic E-state index is 12.4. The number of piperidine rings is 1. The summed E-state index contributed by atoms with van der Waals surface area (Å²) in [7, 11) is -3.25. The maximum atomic E-state index is 12.4. The van der Waals surface area contributed by atoms with E-state index in [1.165, 1.54) is 10.6 Å². The van der Waals surface area contributed by atoms with E-state index in [9.17, 15) is 13.2 Å². The van der Waals surface area contributed by atoms with Gasteiger partial charge in [0, 0.05) is 18.8 Å². The van der Waals surface area contributed by atoms with Gasteiger partial charge in [0.25, 0.3) is 0 Å². The van der Waals surface area contributed by atoms with Crippen molar-refractivity contribution in [1.82, 2.24) is 9.29 Å². The first-order valence-corrected chi connectivity index (χ1v) is 10.1. The molecule has 1 saturated heterocycles. The Kier molecular flexibility index (Phi) is 4.39. The predicted molar refractivity (Wildman–Crippen MR) is 92.1 cm³/mol. The number of nitrogens with zero attached hydrogens (tertiary/aromatic N) is 2. The van der Waals surface area contributed by atoms with E-state index in [-0.39, 0.29) is 18.4 Å². The standard InChI is InChI=1S/C15H19N3O3S2/c1-10-16-13-8-12(5-6-14(13)22-10)17-15(19)11-4-3-7-18(9-11)23(2,20)21/h5-6,8,11H,3-4,7,9H2,1-2H3,(H,17,19)/t11-/m1/s1. The zero-order chi connectivity index (χ0) is 16.6. The van der Waals surface area contributed by atoms with Crippen LogP contribution in [0.5, 0.6) is 0 Å². The molecule has 3 rings (SSSR count). The summed E-state index contributed by atoms with van der Waals surface area (Å²) in [6, 6.07) is 5.65. The number of carbonyl (C=O) groups excluding carboxylic acids is 1. The van der Waals surface area contributed by atoms with Gasteiger partial charge in [-0.25, -0.2) is 17.7 Å². The third-order valence-electron chi connectivity index (χ3n) is 3.99. The molecule has 0 bridgehead atoms. The van der Waals surface area contributed by atoms with Crippen LogP contribution < -0.4 is 5.32 Å². The van der Waals surface area contributed by atoms with Crippen molar-refractivity contribution in [2.45, 2.75) is 19.8 Å². The average Bonchev–Trinajstić information content (AvgIpc) is 2.86. The van der Waals surface area contributed by atoms with Gasteiger partial charge in [-0.05, 0) is 38.0 Å². The molecule has 23 heavy (non-hydrogen) atoms. The summed E-state index contributed by atoms with van der Waals surface area (Å²) >= 11 is 1.61. The summed E-state index contributed by atoms with van der Waals surface area (Å²) in [5, 5.41) is 3.87. The van der Waals surface area contributed by atoms with Crippen molar-refractivity contribution in [1.29, 1.82) is 0 Å². The molecule has 1 amide bonds. The molecule has 1 aromatic heterocycles.